The van der Waals surface area contributed by atoms with Crippen LogP contribution in [0.5, 0.6) is 0 Å². The summed E-state index contributed by atoms with van der Waals surface area (Å²) in [4.78, 5) is 31.3. The first-order chi connectivity index (χ1) is 11.4. The Morgan fingerprint density at radius 3 is 2.62 bits per heavy atom. The summed E-state index contributed by atoms with van der Waals surface area (Å²) in [6.45, 7) is 5.57. The summed E-state index contributed by atoms with van der Waals surface area (Å²) in [6.07, 6.45) is 1.45. The van der Waals surface area contributed by atoms with Gasteiger partial charge in [-0.05, 0) is 50.6 Å². The molecule has 1 N–H and O–H groups in total. The molecule has 0 aliphatic carbocycles. The minimum atomic E-state index is -0.655. The van der Waals surface area contributed by atoms with Crippen molar-refractivity contribution in [2.75, 3.05) is 5.32 Å². The number of rotatable bonds is 3. The van der Waals surface area contributed by atoms with E-state index in [2.05, 4.69) is 26.2 Å². The van der Waals surface area contributed by atoms with Gasteiger partial charge in [0.25, 0.3) is 5.56 Å². The zero-order valence-electron chi connectivity index (χ0n) is 13.5. The number of anilines is 1. The van der Waals surface area contributed by atoms with E-state index in [-0.39, 0.29) is 11.5 Å². The quantitative estimate of drug-likeness (QED) is 0.714. The van der Waals surface area contributed by atoms with E-state index in [0.717, 1.165) is 14.9 Å². The average Bonchev–Trinajstić information content (AvgIpc) is 2.85. The smallest absolute Gasteiger partial charge is 0.263 e. The third-order valence-corrected chi connectivity index (χ3v) is 5.67. The fraction of sp³-hybridized carbons (Fsp3) is 0.235. The van der Waals surface area contributed by atoms with Gasteiger partial charge in [-0.3, -0.25) is 14.2 Å². The lowest BCUT2D eigenvalue weighted by molar-refractivity contribution is -0.118. The van der Waals surface area contributed by atoms with Crippen molar-refractivity contribution in [1.82, 2.24) is 9.55 Å². The minimum absolute atomic E-state index is 0.180. The van der Waals surface area contributed by atoms with Crippen LogP contribution in [0.3, 0.4) is 0 Å². The number of nitrogens with one attached hydrogen (secondary N) is 1. The van der Waals surface area contributed by atoms with Crippen LogP contribution in [0.2, 0.25) is 0 Å². The summed E-state index contributed by atoms with van der Waals surface area (Å²) >= 11 is 4.85. The maximum atomic E-state index is 12.7. The number of amides is 1. The van der Waals surface area contributed by atoms with Crippen molar-refractivity contribution < 1.29 is 4.79 Å². The van der Waals surface area contributed by atoms with Gasteiger partial charge in [0.2, 0.25) is 5.91 Å². The predicted molar refractivity (Wildman–Crippen MR) is 101 cm³/mol. The number of halogens is 1. The highest BCUT2D eigenvalue weighted by Gasteiger charge is 2.20. The first kappa shape index (κ1) is 16.9. The van der Waals surface area contributed by atoms with E-state index in [1.54, 1.807) is 19.1 Å². The summed E-state index contributed by atoms with van der Waals surface area (Å²) in [5.74, 6) is -0.259. The van der Waals surface area contributed by atoms with E-state index in [9.17, 15) is 9.59 Å². The van der Waals surface area contributed by atoms with Crippen molar-refractivity contribution in [3.05, 3.63) is 55.9 Å². The molecule has 7 heteroatoms. The molecule has 0 spiro atoms. The van der Waals surface area contributed by atoms with E-state index in [1.807, 2.05) is 26.0 Å². The minimum Gasteiger partial charge on any atom is -0.324 e. The molecule has 0 saturated carbocycles. The second-order valence-corrected chi connectivity index (χ2v) is 7.71. The number of nitrogens with zero attached hydrogens (tertiary/aromatic N) is 2. The number of hydrogen-bond donors (Lipinski definition) is 1. The van der Waals surface area contributed by atoms with Crippen LogP contribution in [0.1, 0.15) is 23.4 Å². The van der Waals surface area contributed by atoms with Crippen LogP contribution in [0, 0.1) is 13.8 Å². The molecule has 0 unspecified atom stereocenters. The number of carbonyl (C=O) groups is 1. The van der Waals surface area contributed by atoms with Gasteiger partial charge >= 0.3 is 0 Å². The first-order valence-corrected chi connectivity index (χ1v) is 9.02. The van der Waals surface area contributed by atoms with Crippen LogP contribution < -0.4 is 10.9 Å². The molecule has 1 atom stereocenters. The number of aromatic nitrogens is 2. The van der Waals surface area contributed by atoms with E-state index < -0.39 is 6.04 Å². The van der Waals surface area contributed by atoms with Gasteiger partial charge < -0.3 is 5.32 Å². The summed E-state index contributed by atoms with van der Waals surface area (Å²) in [5.41, 5.74) is 1.43. The Kier molecular flexibility index (Phi) is 4.56. The molecule has 0 radical (unpaired) electrons. The fourth-order valence-electron chi connectivity index (χ4n) is 2.43. The molecule has 0 aliphatic heterocycles. The Balaban J connectivity index is 1.93. The molecule has 2 aromatic heterocycles. The number of thiophene rings is 1. The molecule has 0 aliphatic rings. The lowest BCUT2D eigenvalue weighted by Gasteiger charge is -2.15. The highest BCUT2D eigenvalue weighted by atomic mass is 79.9. The molecule has 2 heterocycles. The molecule has 3 rings (SSSR count). The monoisotopic (exact) mass is 405 g/mol. The normalized spacial score (nSPS) is 12.3. The summed E-state index contributed by atoms with van der Waals surface area (Å²) in [5, 5.41) is 3.42. The van der Waals surface area contributed by atoms with E-state index in [4.69, 9.17) is 0 Å². The number of fused-ring (bicyclic) bond motifs is 1. The van der Waals surface area contributed by atoms with Crippen LogP contribution in [0.4, 0.5) is 5.69 Å². The number of hydrogen-bond acceptors (Lipinski definition) is 4. The molecule has 24 heavy (non-hydrogen) atoms. The number of benzene rings is 1. The van der Waals surface area contributed by atoms with Gasteiger partial charge in [0, 0.05) is 15.0 Å². The zero-order valence-corrected chi connectivity index (χ0v) is 15.9. The Labute approximate surface area is 151 Å². The third kappa shape index (κ3) is 3.01. The van der Waals surface area contributed by atoms with Crippen LogP contribution in [0.25, 0.3) is 10.2 Å². The Bertz CT molecular complexity index is 976. The summed E-state index contributed by atoms with van der Waals surface area (Å²) < 4.78 is 2.32. The highest BCUT2D eigenvalue weighted by molar-refractivity contribution is 9.10. The molecule has 3 aromatic rings. The van der Waals surface area contributed by atoms with Crippen LogP contribution in [-0.4, -0.2) is 15.5 Å². The fourth-order valence-corrected chi connectivity index (χ4v) is 3.68. The number of carbonyl (C=O) groups excluding carboxylic acids is 1. The molecular formula is C17H16BrN3O2S. The molecule has 0 saturated heterocycles. The molecule has 1 aromatic carbocycles. The first-order valence-electron chi connectivity index (χ1n) is 7.41. The van der Waals surface area contributed by atoms with Gasteiger partial charge in [-0.25, -0.2) is 4.98 Å². The Morgan fingerprint density at radius 1 is 1.29 bits per heavy atom. The van der Waals surface area contributed by atoms with Gasteiger partial charge in [-0.1, -0.05) is 15.9 Å². The van der Waals surface area contributed by atoms with Crippen molar-refractivity contribution in [3.8, 4) is 0 Å². The van der Waals surface area contributed by atoms with Crippen molar-refractivity contribution in [2.24, 2.45) is 0 Å². The summed E-state index contributed by atoms with van der Waals surface area (Å²) in [6, 6.07) is 6.63. The van der Waals surface area contributed by atoms with E-state index >= 15 is 0 Å². The second-order valence-electron chi connectivity index (χ2n) is 5.59. The second kappa shape index (κ2) is 6.49. The average molecular weight is 406 g/mol. The van der Waals surface area contributed by atoms with Crippen molar-refractivity contribution in [2.45, 2.75) is 26.8 Å². The largest absolute Gasteiger partial charge is 0.324 e. The van der Waals surface area contributed by atoms with E-state index in [1.165, 1.54) is 22.2 Å². The lowest BCUT2D eigenvalue weighted by atomic mass is 10.2. The standard InChI is InChI=1S/C17H16BrN3O2S/c1-9-11(3)24-16-14(9)17(23)21(8-19-16)10(2)15(22)20-13-6-4-12(18)5-7-13/h4-8,10H,1-3H3,(H,20,22)/t10-/m1/s1. The maximum absolute atomic E-state index is 12.7. The third-order valence-electron chi connectivity index (χ3n) is 4.02. The highest BCUT2D eigenvalue weighted by Crippen LogP contribution is 2.26. The van der Waals surface area contributed by atoms with Crippen molar-refractivity contribution in [3.63, 3.8) is 0 Å². The van der Waals surface area contributed by atoms with Gasteiger partial charge in [0.1, 0.15) is 10.9 Å². The van der Waals surface area contributed by atoms with Crippen LogP contribution in [0.15, 0.2) is 39.9 Å². The lowest BCUT2D eigenvalue weighted by Crippen LogP contribution is -2.31. The van der Waals surface area contributed by atoms with Gasteiger partial charge in [-0.2, -0.15) is 0 Å². The SMILES string of the molecule is Cc1sc2ncn([C@H](C)C(=O)Nc3ccc(Br)cc3)c(=O)c2c1C. The van der Waals surface area contributed by atoms with E-state index in [0.29, 0.717) is 15.9 Å². The molecule has 0 bridgehead atoms. The Hall–Kier alpha value is -1.99. The maximum Gasteiger partial charge on any atom is 0.263 e. The topological polar surface area (TPSA) is 64.0 Å². The predicted octanol–water partition coefficient (Wildman–Crippen LogP) is 4.04. The molecule has 124 valence electrons. The molecule has 5 nitrogen and oxygen atoms in total. The molecule has 1 amide bonds. The van der Waals surface area contributed by atoms with Gasteiger partial charge in [0.05, 0.1) is 11.7 Å². The zero-order chi connectivity index (χ0) is 17.4. The molecule has 0 fully saturated rings. The van der Waals surface area contributed by atoms with Crippen molar-refractivity contribution in [1.29, 1.82) is 0 Å². The Morgan fingerprint density at radius 2 is 1.96 bits per heavy atom. The van der Waals surface area contributed by atoms with Gasteiger partial charge in [-0.15, -0.1) is 11.3 Å². The van der Waals surface area contributed by atoms with Gasteiger partial charge in [0.15, 0.2) is 0 Å². The summed E-state index contributed by atoms with van der Waals surface area (Å²) in [7, 11) is 0. The van der Waals surface area contributed by atoms with Crippen LogP contribution in [-0.2, 0) is 4.79 Å². The van der Waals surface area contributed by atoms with Crippen LogP contribution >= 0.6 is 27.3 Å². The number of aryl methyl sites for hydroxylation is 2. The molecular weight excluding hydrogens is 390 g/mol. The van der Waals surface area contributed by atoms with Crippen molar-refractivity contribution >= 4 is 49.1 Å².